The predicted molar refractivity (Wildman–Crippen MR) is 63.5 cm³/mol. The number of hydrogen-bond donors (Lipinski definition) is 1. The largest absolute Gasteiger partial charge is 0.307 e. The van der Waals surface area contributed by atoms with Crippen LogP contribution in [-0.4, -0.2) is 40.0 Å². The standard InChI is InChI=1S/C11H14N2O2.Na/c1-11(2)6-8-3-4-10(13(14)15)5-9(8)7-12-11;/h3-5,12H,6-7H2,1-2H3;. The van der Waals surface area contributed by atoms with Gasteiger partial charge in [-0.05, 0) is 31.4 Å². The molecule has 0 aliphatic carbocycles. The quantitative estimate of drug-likeness (QED) is 0.452. The number of nitro benzene ring substituents is 1. The molecule has 0 unspecified atom stereocenters. The molecule has 2 rings (SSSR count). The molecule has 0 atom stereocenters. The Kier molecular flexibility index (Phi) is 4.12. The van der Waals surface area contributed by atoms with Crippen molar-refractivity contribution < 1.29 is 4.92 Å². The van der Waals surface area contributed by atoms with E-state index < -0.39 is 0 Å². The van der Waals surface area contributed by atoms with Crippen molar-refractivity contribution in [2.75, 3.05) is 0 Å². The Bertz CT molecular complexity index is 418. The zero-order chi connectivity index (χ0) is 11.1. The fourth-order valence-electron chi connectivity index (χ4n) is 1.94. The van der Waals surface area contributed by atoms with Gasteiger partial charge in [0.2, 0.25) is 0 Å². The minimum atomic E-state index is -0.347. The zero-order valence-corrected chi connectivity index (χ0v) is 11.9. The van der Waals surface area contributed by atoms with Crippen molar-refractivity contribution in [3.63, 3.8) is 0 Å². The van der Waals surface area contributed by atoms with Gasteiger partial charge in [-0.2, -0.15) is 0 Å². The Balaban J connectivity index is 0.00000128. The van der Waals surface area contributed by atoms with E-state index in [1.54, 1.807) is 12.1 Å². The molecule has 1 radical (unpaired) electrons. The molecule has 1 aliphatic heterocycles. The molecule has 0 aromatic heterocycles. The summed E-state index contributed by atoms with van der Waals surface area (Å²) >= 11 is 0. The fourth-order valence-corrected chi connectivity index (χ4v) is 1.94. The molecule has 0 saturated heterocycles. The summed E-state index contributed by atoms with van der Waals surface area (Å²) in [6.45, 7) is 4.98. The first-order valence-corrected chi connectivity index (χ1v) is 4.99. The number of non-ortho nitro benzene ring substituents is 1. The number of nitrogens with one attached hydrogen (secondary N) is 1. The third-order valence-corrected chi connectivity index (χ3v) is 2.79. The summed E-state index contributed by atoms with van der Waals surface area (Å²) in [5.41, 5.74) is 2.52. The van der Waals surface area contributed by atoms with Crippen LogP contribution in [0.2, 0.25) is 0 Å². The van der Waals surface area contributed by atoms with Crippen LogP contribution in [0.3, 0.4) is 0 Å². The molecule has 0 amide bonds. The van der Waals surface area contributed by atoms with Crippen LogP contribution in [0.15, 0.2) is 18.2 Å². The Morgan fingerprint density at radius 3 is 2.69 bits per heavy atom. The molecule has 81 valence electrons. The molecule has 0 saturated carbocycles. The van der Waals surface area contributed by atoms with Crippen LogP contribution in [0.5, 0.6) is 0 Å². The molecule has 1 N–H and O–H groups in total. The van der Waals surface area contributed by atoms with E-state index >= 15 is 0 Å². The summed E-state index contributed by atoms with van der Waals surface area (Å²) in [6, 6.07) is 5.12. The minimum Gasteiger partial charge on any atom is -0.307 e. The van der Waals surface area contributed by atoms with Crippen molar-refractivity contribution >= 4 is 35.2 Å². The maximum Gasteiger partial charge on any atom is 0.269 e. The van der Waals surface area contributed by atoms with Crippen molar-refractivity contribution in [1.82, 2.24) is 5.32 Å². The van der Waals surface area contributed by atoms with Gasteiger partial charge in [-0.25, -0.2) is 0 Å². The van der Waals surface area contributed by atoms with E-state index in [2.05, 4.69) is 19.2 Å². The molecule has 16 heavy (non-hydrogen) atoms. The fraction of sp³-hybridized carbons (Fsp3) is 0.455. The minimum absolute atomic E-state index is 0. The van der Waals surface area contributed by atoms with Gasteiger partial charge in [0.15, 0.2) is 0 Å². The Labute approximate surface area is 117 Å². The van der Waals surface area contributed by atoms with Crippen LogP contribution in [-0.2, 0) is 13.0 Å². The first-order chi connectivity index (χ1) is 6.98. The molecule has 0 spiro atoms. The van der Waals surface area contributed by atoms with E-state index in [4.69, 9.17) is 0 Å². The molecular weight excluding hydrogens is 215 g/mol. The second kappa shape index (κ2) is 4.84. The average Bonchev–Trinajstić information content (AvgIpc) is 2.15. The zero-order valence-electron chi connectivity index (χ0n) is 9.91. The smallest absolute Gasteiger partial charge is 0.269 e. The van der Waals surface area contributed by atoms with E-state index in [-0.39, 0.29) is 45.7 Å². The summed E-state index contributed by atoms with van der Waals surface area (Å²) in [4.78, 5) is 10.3. The third kappa shape index (κ3) is 2.83. The number of hydrogen-bond acceptors (Lipinski definition) is 3. The molecular formula is C11H14N2NaO2. The van der Waals surface area contributed by atoms with Gasteiger partial charge in [-0.15, -0.1) is 0 Å². The van der Waals surface area contributed by atoms with E-state index in [1.165, 1.54) is 5.56 Å². The number of nitro groups is 1. The second-order valence-electron chi connectivity index (χ2n) is 4.62. The van der Waals surface area contributed by atoms with Crippen LogP contribution in [0.4, 0.5) is 5.69 Å². The Morgan fingerprint density at radius 2 is 2.06 bits per heavy atom. The van der Waals surface area contributed by atoms with Gasteiger partial charge in [0.1, 0.15) is 0 Å². The summed E-state index contributed by atoms with van der Waals surface area (Å²) in [7, 11) is 0. The van der Waals surface area contributed by atoms with E-state index in [0.717, 1.165) is 12.0 Å². The first-order valence-electron chi connectivity index (χ1n) is 4.99. The van der Waals surface area contributed by atoms with Crippen LogP contribution in [0, 0.1) is 10.1 Å². The maximum absolute atomic E-state index is 10.6. The Hall–Kier alpha value is -0.420. The van der Waals surface area contributed by atoms with Crippen molar-refractivity contribution in [1.29, 1.82) is 0 Å². The average molecular weight is 229 g/mol. The predicted octanol–water partition coefficient (Wildman–Crippen LogP) is 1.64. The maximum atomic E-state index is 10.6. The van der Waals surface area contributed by atoms with Crippen molar-refractivity contribution in [2.45, 2.75) is 32.4 Å². The third-order valence-electron chi connectivity index (χ3n) is 2.79. The van der Waals surface area contributed by atoms with Gasteiger partial charge in [0, 0.05) is 53.8 Å². The van der Waals surface area contributed by atoms with Gasteiger partial charge in [-0.3, -0.25) is 10.1 Å². The van der Waals surface area contributed by atoms with Crippen molar-refractivity contribution in [3.8, 4) is 0 Å². The molecule has 1 aromatic rings. The summed E-state index contributed by atoms with van der Waals surface area (Å²) in [6.07, 6.45) is 0.917. The van der Waals surface area contributed by atoms with Crippen molar-refractivity contribution in [2.24, 2.45) is 0 Å². The summed E-state index contributed by atoms with van der Waals surface area (Å²) in [5, 5.41) is 14.0. The summed E-state index contributed by atoms with van der Waals surface area (Å²) < 4.78 is 0. The van der Waals surface area contributed by atoms with E-state index in [1.807, 2.05) is 6.07 Å². The molecule has 0 fully saturated rings. The molecule has 1 heterocycles. The monoisotopic (exact) mass is 229 g/mol. The second-order valence-corrected chi connectivity index (χ2v) is 4.62. The van der Waals surface area contributed by atoms with Gasteiger partial charge >= 0.3 is 0 Å². The molecule has 1 aromatic carbocycles. The summed E-state index contributed by atoms with van der Waals surface area (Å²) in [5.74, 6) is 0. The van der Waals surface area contributed by atoms with Crippen LogP contribution in [0.1, 0.15) is 25.0 Å². The Morgan fingerprint density at radius 1 is 1.38 bits per heavy atom. The van der Waals surface area contributed by atoms with Gasteiger partial charge in [0.25, 0.3) is 5.69 Å². The normalized spacial score (nSPS) is 17.1. The number of nitrogens with zero attached hydrogens (tertiary/aromatic N) is 1. The van der Waals surface area contributed by atoms with Crippen LogP contribution in [0.25, 0.3) is 0 Å². The SMILES string of the molecule is CC1(C)Cc2ccc([N+](=O)[O-])cc2CN1.[Na]. The molecule has 1 aliphatic rings. The number of fused-ring (bicyclic) bond motifs is 1. The van der Waals surface area contributed by atoms with Gasteiger partial charge in [-0.1, -0.05) is 6.07 Å². The van der Waals surface area contributed by atoms with Crippen LogP contribution >= 0.6 is 0 Å². The molecule has 0 bridgehead atoms. The van der Waals surface area contributed by atoms with Crippen molar-refractivity contribution in [3.05, 3.63) is 39.4 Å². The molecule has 4 nitrogen and oxygen atoms in total. The first kappa shape index (κ1) is 13.6. The van der Waals surface area contributed by atoms with Gasteiger partial charge in [0.05, 0.1) is 4.92 Å². The number of benzene rings is 1. The van der Waals surface area contributed by atoms with Crippen LogP contribution < -0.4 is 5.32 Å². The topological polar surface area (TPSA) is 55.2 Å². The van der Waals surface area contributed by atoms with E-state index in [9.17, 15) is 10.1 Å². The number of rotatable bonds is 1. The molecule has 5 heteroatoms. The van der Waals surface area contributed by atoms with Gasteiger partial charge < -0.3 is 5.32 Å². The van der Waals surface area contributed by atoms with E-state index in [0.29, 0.717) is 6.54 Å².